The van der Waals surface area contributed by atoms with Crippen molar-refractivity contribution in [2.75, 3.05) is 5.32 Å². The standard InChI is InChI=1S/C10H12Cl2N2O/c1-2-8(13)10(15)14-9-6(11)4-3-5-7(9)12/h3-5,8H,2,13H2,1H3,(H,14,15)/t8-/m0/s1. The molecule has 0 unspecified atom stereocenters. The number of anilines is 1. The molecule has 0 aliphatic rings. The molecule has 1 rings (SSSR count). The number of halogens is 2. The summed E-state index contributed by atoms with van der Waals surface area (Å²) >= 11 is 11.8. The number of carbonyl (C=O) groups is 1. The second kappa shape index (κ2) is 5.35. The van der Waals surface area contributed by atoms with Crippen LogP contribution in [0, 0.1) is 0 Å². The first-order valence-electron chi connectivity index (χ1n) is 4.56. The Kier molecular flexibility index (Phi) is 4.39. The Morgan fingerprint density at radius 3 is 2.47 bits per heavy atom. The zero-order valence-corrected chi connectivity index (χ0v) is 9.77. The van der Waals surface area contributed by atoms with Gasteiger partial charge in [-0.25, -0.2) is 0 Å². The average molecular weight is 247 g/mol. The van der Waals surface area contributed by atoms with Crippen LogP contribution in [-0.4, -0.2) is 11.9 Å². The van der Waals surface area contributed by atoms with Gasteiger partial charge < -0.3 is 11.1 Å². The minimum Gasteiger partial charge on any atom is -0.322 e. The molecule has 0 saturated heterocycles. The van der Waals surface area contributed by atoms with Crippen molar-refractivity contribution in [3.63, 3.8) is 0 Å². The van der Waals surface area contributed by atoms with Crippen LogP contribution in [0.3, 0.4) is 0 Å². The van der Waals surface area contributed by atoms with Crippen LogP contribution in [0.5, 0.6) is 0 Å². The molecular weight excluding hydrogens is 235 g/mol. The number of amides is 1. The summed E-state index contributed by atoms with van der Waals surface area (Å²) in [6, 6.07) is 4.47. The lowest BCUT2D eigenvalue weighted by molar-refractivity contribution is -0.117. The first-order chi connectivity index (χ1) is 7.06. The first-order valence-corrected chi connectivity index (χ1v) is 5.32. The van der Waals surface area contributed by atoms with Gasteiger partial charge in [0.05, 0.1) is 21.8 Å². The highest BCUT2D eigenvalue weighted by molar-refractivity contribution is 6.39. The zero-order chi connectivity index (χ0) is 11.4. The number of hydrogen-bond acceptors (Lipinski definition) is 2. The van der Waals surface area contributed by atoms with Crippen LogP contribution >= 0.6 is 23.2 Å². The van der Waals surface area contributed by atoms with Crippen molar-refractivity contribution in [3.8, 4) is 0 Å². The largest absolute Gasteiger partial charge is 0.322 e. The number of para-hydroxylation sites is 1. The molecule has 15 heavy (non-hydrogen) atoms. The van der Waals surface area contributed by atoms with Gasteiger partial charge in [-0.2, -0.15) is 0 Å². The average Bonchev–Trinajstić information content (AvgIpc) is 2.22. The number of nitrogens with one attached hydrogen (secondary N) is 1. The molecule has 0 aliphatic heterocycles. The molecule has 3 N–H and O–H groups in total. The molecule has 0 heterocycles. The normalized spacial score (nSPS) is 12.3. The van der Waals surface area contributed by atoms with E-state index in [1.54, 1.807) is 18.2 Å². The lowest BCUT2D eigenvalue weighted by Crippen LogP contribution is -2.34. The molecule has 82 valence electrons. The SMILES string of the molecule is CC[C@H](N)C(=O)Nc1c(Cl)cccc1Cl. The predicted molar refractivity (Wildman–Crippen MR) is 63.4 cm³/mol. The topological polar surface area (TPSA) is 55.1 Å². The van der Waals surface area contributed by atoms with Crippen LogP contribution in [0.25, 0.3) is 0 Å². The quantitative estimate of drug-likeness (QED) is 0.862. The summed E-state index contributed by atoms with van der Waals surface area (Å²) in [6.45, 7) is 1.83. The Labute approximate surface area is 98.5 Å². The third kappa shape index (κ3) is 3.09. The number of hydrogen-bond donors (Lipinski definition) is 2. The van der Waals surface area contributed by atoms with E-state index >= 15 is 0 Å². The van der Waals surface area contributed by atoms with Gasteiger partial charge in [0.25, 0.3) is 0 Å². The van der Waals surface area contributed by atoms with Crippen molar-refractivity contribution in [1.82, 2.24) is 0 Å². The van der Waals surface area contributed by atoms with Crippen molar-refractivity contribution < 1.29 is 4.79 Å². The Balaban J connectivity index is 2.85. The maximum Gasteiger partial charge on any atom is 0.241 e. The molecule has 1 aromatic carbocycles. The van der Waals surface area contributed by atoms with E-state index in [1.165, 1.54) is 0 Å². The van der Waals surface area contributed by atoms with Gasteiger partial charge in [0, 0.05) is 0 Å². The van der Waals surface area contributed by atoms with Gasteiger partial charge in [0.1, 0.15) is 0 Å². The Bertz CT molecular complexity index is 348. The molecule has 0 saturated carbocycles. The fourth-order valence-corrected chi connectivity index (χ4v) is 1.51. The van der Waals surface area contributed by atoms with Gasteiger partial charge in [-0.1, -0.05) is 36.2 Å². The van der Waals surface area contributed by atoms with Crippen LogP contribution in [0.4, 0.5) is 5.69 Å². The summed E-state index contributed by atoms with van der Waals surface area (Å²) in [5, 5.41) is 3.41. The monoisotopic (exact) mass is 246 g/mol. The van der Waals surface area contributed by atoms with E-state index in [1.807, 2.05) is 6.92 Å². The van der Waals surface area contributed by atoms with E-state index in [9.17, 15) is 4.79 Å². The summed E-state index contributed by atoms with van der Waals surface area (Å²) in [5.74, 6) is -0.285. The van der Waals surface area contributed by atoms with Crippen LogP contribution in [-0.2, 0) is 4.79 Å². The molecule has 0 spiro atoms. The first kappa shape index (κ1) is 12.3. The van der Waals surface area contributed by atoms with Gasteiger partial charge in [-0.15, -0.1) is 0 Å². The Morgan fingerprint density at radius 2 is 2.00 bits per heavy atom. The minimum absolute atomic E-state index is 0.285. The van der Waals surface area contributed by atoms with E-state index in [2.05, 4.69) is 5.32 Å². The van der Waals surface area contributed by atoms with E-state index in [-0.39, 0.29) is 5.91 Å². The minimum atomic E-state index is -0.544. The van der Waals surface area contributed by atoms with Gasteiger partial charge in [-0.05, 0) is 18.6 Å². The van der Waals surface area contributed by atoms with Crippen molar-refractivity contribution >= 4 is 34.8 Å². The van der Waals surface area contributed by atoms with Gasteiger partial charge >= 0.3 is 0 Å². The molecule has 1 atom stereocenters. The molecule has 0 radical (unpaired) electrons. The summed E-state index contributed by atoms with van der Waals surface area (Å²) in [5.41, 5.74) is 5.98. The molecule has 1 aromatic rings. The van der Waals surface area contributed by atoms with E-state index in [4.69, 9.17) is 28.9 Å². The Morgan fingerprint density at radius 1 is 1.47 bits per heavy atom. The van der Waals surface area contributed by atoms with E-state index in [0.717, 1.165) is 0 Å². The zero-order valence-electron chi connectivity index (χ0n) is 8.26. The molecule has 0 fully saturated rings. The highest BCUT2D eigenvalue weighted by Gasteiger charge is 2.14. The fourth-order valence-electron chi connectivity index (χ4n) is 1.02. The summed E-state index contributed by atoms with van der Waals surface area (Å²) in [7, 11) is 0. The van der Waals surface area contributed by atoms with Crippen molar-refractivity contribution in [2.24, 2.45) is 5.73 Å². The summed E-state index contributed by atoms with van der Waals surface area (Å²) < 4.78 is 0. The lowest BCUT2D eigenvalue weighted by atomic mass is 10.2. The molecular formula is C10H12Cl2N2O. The third-order valence-electron chi connectivity index (χ3n) is 1.99. The third-order valence-corrected chi connectivity index (χ3v) is 2.62. The molecule has 5 heteroatoms. The molecule has 0 bridgehead atoms. The maximum absolute atomic E-state index is 11.5. The van der Waals surface area contributed by atoms with Crippen molar-refractivity contribution in [2.45, 2.75) is 19.4 Å². The highest BCUT2D eigenvalue weighted by atomic mass is 35.5. The van der Waals surface area contributed by atoms with E-state index < -0.39 is 6.04 Å². The number of nitrogens with two attached hydrogens (primary N) is 1. The molecule has 1 amide bonds. The lowest BCUT2D eigenvalue weighted by Gasteiger charge is -2.12. The second-order valence-electron chi connectivity index (χ2n) is 3.10. The van der Waals surface area contributed by atoms with Crippen molar-refractivity contribution in [3.05, 3.63) is 28.2 Å². The van der Waals surface area contributed by atoms with Gasteiger partial charge in [0.15, 0.2) is 0 Å². The highest BCUT2D eigenvalue weighted by Crippen LogP contribution is 2.29. The van der Waals surface area contributed by atoms with Gasteiger partial charge in [0.2, 0.25) is 5.91 Å². The fraction of sp³-hybridized carbons (Fsp3) is 0.300. The second-order valence-corrected chi connectivity index (χ2v) is 3.92. The molecule has 0 aromatic heterocycles. The predicted octanol–water partition coefficient (Wildman–Crippen LogP) is 2.67. The maximum atomic E-state index is 11.5. The van der Waals surface area contributed by atoms with E-state index in [0.29, 0.717) is 22.2 Å². The van der Waals surface area contributed by atoms with Crippen LogP contribution in [0.2, 0.25) is 10.0 Å². The summed E-state index contributed by atoms with van der Waals surface area (Å²) in [6.07, 6.45) is 0.563. The van der Waals surface area contributed by atoms with Crippen LogP contribution in [0.15, 0.2) is 18.2 Å². The smallest absolute Gasteiger partial charge is 0.241 e. The van der Waals surface area contributed by atoms with Crippen LogP contribution < -0.4 is 11.1 Å². The number of benzene rings is 1. The Hall–Kier alpha value is -0.770. The number of rotatable bonds is 3. The summed E-state index contributed by atoms with van der Waals surface area (Å²) in [4.78, 5) is 11.5. The van der Waals surface area contributed by atoms with Gasteiger partial charge in [-0.3, -0.25) is 4.79 Å². The van der Waals surface area contributed by atoms with Crippen molar-refractivity contribution in [1.29, 1.82) is 0 Å². The number of carbonyl (C=O) groups excluding carboxylic acids is 1. The molecule has 0 aliphatic carbocycles. The molecule has 3 nitrogen and oxygen atoms in total. The van der Waals surface area contributed by atoms with Crippen LogP contribution in [0.1, 0.15) is 13.3 Å².